The molecule has 0 amide bonds. The zero-order chi connectivity index (χ0) is 12.4. The zero-order valence-corrected chi connectivity index (χ0v) is 11.2. The van der Waals surface area contributed by atoms with Crippen LogP contribution in [0, 0.1) is 6.92 Å². The lowest BCUT2D eigenvalue weighted by Crippen LogP contribution is -2.54. The summed E-state index contributed by atoms with van der Waals surface area (Å²) in [7, 11) is 6.39. The molecule has 96 valence electrons. The topological polar surface area (TPSA) is 31.6 Å². The van der Waals surface area contributed by atoms with Crippen LogP contribution in [0.2, 0.25) is 0 Å². The summed E-state index contributed by atoms with van der Waals surface area (Å²) in [4.78, 5) is 4.60. The highest BCUT2D eigenvalue weighted by Gasteiger charge is 2.30. The molecule has 0 bridgehead atoms. The van der Waals surface area contributed by atoms with Crippen LogP contribution in [0.3, 0.4) is 0 Å². The second-order valence-corrected chi connectivity index (χ2v) is 5.18. The maximum absolute atomic E-state index is 5.80. The molecule has 2 rings (SSSR count). The van der Waals surface area contributed by atoms with Crippen molar-refractivity contribution in [2.24, 2.45) is 0 Å². The Kier molecular flexibility index (Phi) is 3.86. The number of furan rings is 1. The van der Waals surface area contributed by atoms with Crippen molar-refractivity contribution in [3.63, 3.8) is 0 Å². The molecule has 1 aromatic rings. The van der Waals surface area contributed by atoms with E-state index in [0.29, 0.717) is 12.1 Å². The highest BCUT2D eigenvalue weighted by molar-refractivity contribution is 5.12. The van der Waals surface area contributed by atoms with Gasteiger partial charge < -0.3 is 14.6 Å². The average Bonchev–Trinajstić information content (AvgIpc) is 2.64. The van der Waals surface area contributed by atoms with Crippen LogP contribution in [0.25, 0.3) is 0 Å². The lowest BCUT2D eigenvalue weighted by Gasteiger charge is -2.38. The van der Waals surface area contributed by atoms with Gasteiger partial charge in [0.1, 0.15) is 11.5 Å². The summed E-state index contributed by atoms with van der Waals surface area (Å²) >= 11 is 0. The Labute approximate surface area is 104 Å². The molecule has 2 atom stereocenters. The first-order chi connectivity index (χ1) is 8.08. The van der Waals surface area contributed by atoms with Crippen molar-refractivity contribution in [1.82, 2.24) is 15.1 Å². The Morgan fingerprint density at radius 1 is 1.47 bits per heavy atom. The lowest BCUT2D eigenvalue weighted by molar-refractivity contribution is 0.138. The minimum Gasteiger partial charge on any atom is -0.465 e. The van der Waals surface area contributed by atoms with Crippen molar-refractivity contribution in [1.29, 1.82) is 0 Å². The van der Waals surface area contributed by atoms with Gasteiger partial charge in [-0.05, 0) is 40.2 Å². The zero-order valence-electron chi connectivity index (χ0n) is 11.2. The molecule has 2 heterocycles. The molecule has 17 heavy (non-hydrogen) atoms. The number of nitrogens with zero attached hydrogens (tertiary/aromatic N) is 2. The van der Waals surface area contributed by atoms with Crippen LogP contribution < -0.4 is 5.32 Å². The van der Waals surface area contributed by atoms with Gasteiger partial charge >= 0.3 is 0 Å². The number of likely N-dealkylation sites (N-methyl/N-ethyl adjacent to an activating group) is 2. The standard InChI is InChI=1S/C13H23N3O/c1-10-5-6-12(17-10)13(15(2)3)11-9-16(4)8-7-14-11/h5-6,11,13-14H,7-9H2,1-4H3. The van der Waals surface area contributed by atoms with Crippen molar-refractivity contribution in [3.8, 4) is 0 Å². The maximum atomic E-state index is 5.80. The van der Waals surface area contributed by atoms with E-state index in [1.165, 1.54) is 0 Å². The quantitative estimate of drug-likeness (QED) is 0.853. The van der Waals surface area contributed by atoms with Gasteiger partial charge in [-0.25, -0.2) is 0 Å². The molecular formula is C13H23N3O. The molecule has 0 saturated carbocycles. The lowest BCUT2D eigenvalue weighted by atomic mass is 10.0. The molecule has 1 N–H and O–H groups in total. The van der Waals surface area contributed by atoms with Crippen LogP contribution in [0.1, 0.15) is 17.6 Å². The third kappa shape index (κ3) is 2.89. The van der Waals surface area contributed by atoms with E-state index in [0.717, 1.165) is 31.2 Å². The Morgan fingerprint density at radius 2 is 2.24 bits per heavy atom. The molecule has 1 saturated heterocycles. The largest absolute Gasteiger partial charge is 0.465 e. The van der Waals surface area contributed by atoms with Gasteiger partial charge in [0, 0.05) is 25.7 Å². The maximum Gasteiger partial charge on any atom is 0.122 e. The summed E-state index contributed by atoms with van der Waals surface area (Å²) in [6.45, 7) is 5.22. The minimum absolute atomic E-state index is 0.298. The highest BCUT2D eigenvalue weighted by Crippen LogP contribution is 2.25. The summed E-state index contributed by atoms with van der Waals surface area (Å²) in [6.07, 6.45) is 0. The SMILES string of the molecule is Cc1ccc(C(C2CN(C)CCN2)N(C)C)o1. The predicted octanol–water partition coefficient (Wildman–Crippen LogP) is 1.09. The smallest absolute Gasteiger partial charge is 0.122 e. The predicted molar refractivity (Wildman–Crippen MR) is 69.2 cm³/mol. The molecule has 1 aliphatic rings. The van der Waals surface area contributed by atoms with Gasteiger partial charge in [-0.2, -0.15) is 0 Å². The van der Waals surface area contributed by atoms with Gasteiger partial charge in [-0.1, -0.05) is 0 Å². The summed E-state index contributed by atoms with van der Waals surface area (Å²) < 4.78 is 5.80. The first-order valence-corrected chi connectivity index (χ1v) is 6.22. The molecule has 0 radical (unpaired) electrons. The van der Waals surface area contributed by atoms with E-state index in [4.69, 9.17) is 4.42 Å². The number of rotatable bonds is 3. The minimum atomic E-state index is 0.298. The van der Waals surface area contributed by atoms with Crippen molar-refractivity contribution in [3.05, 3.63) is 23.7 Å². The molecule has 0 aliphatic carbocycles. The van der Waals surface area contributed by atoms with Crippen molar-refractivity contribution < 1.29 is 4.42 Å². The Morgan fingerprint density at radius 3 is 2.76 bits per heavy atom. The fourth-order valence-electron chi connectivity index (χ4n) is 2.57. The van der Waals surface area contributed by atoms with Gasteiger partial charge in [-0.3, -0.25) is 4.90 Å². The van der Waals surface area contributed by atoms with Crippen LogP contribution in [-0.2, 0) is 0 Å². The van der Waals surface area contributed by atoms with E-state index in [-0.39, 0.29) is 0 Å². The molecule has 1 fully saturated rings. The Hall–Kier alpha value is -0.840. The average molecular weight is 237 g/mol. The van der Waals surface area contributed by atoms with Crippen molar-refractivity contribution in [2.45, 2.75) is 19.0 Å². The van der Waals surface area contributed by atoms with Crippen molar-refractivity contribution in [2.75, 3.05) is 40.8 Å². The fraction of sp³-hybridized carbons (Fsp3) is 0.692. The van der Waals surface area contributed by atoms with Gasteiger partial charge in [0.15, 0.2) is 0 Å². The molecule has 1 aromatic heterocycles. The first-order valence-electron chi connectivity index (χ1n) is 6.22. The first kappa shape index (κ1) is 12.6. The molecule has 4 heteroatoms. The van der Waals surface area contributed by atoms with E-state index in [9.17, 15) is 0 Å². The second-order valence-electron chi connectivity index (χ2n) is 5.18. The van der Waals surface area contributed by atoms with E-state index in [2.05, 4.69) is 42.3 Å². The molecule has 0 aromatic carbocycles. The van der Waals surface area contributed by atoms with E-state index in [1.54, 1.807) is 0 Å². The summed E-state index contributed by atoms with van der Waals surface area (Å²) in [5, 5.41) is 3.60. The number of hydrogen-bond acceptors (Lipinski definition) is 4. The van der Waals surface area contributed by atoms with E-state index < -0.39 is 0 Å². The van der Waals surface area contributed by atoms with Crippen LogP contribution in [-0.4, -0.2) is 56.6 Å². The fourth-order valence-corrected chi connectivity index (χ4v) is 2.57. The number of aryl methyl sites for hydroxylation is 1. The molecule has 4 nitrogen and oxygen atoms in total. The third-order valence-corrected chi connectivity index (χ3v) is 3.40. The van der Waals surface area contributed by atoms with Crippen LogP contribution in [0.5, 0.6) is 0 Å². The van der Waals surface area contributed by atoms with E-state index >= 15 is 0 Å². The van der Waals surface area contributed by atoms with Gasteiger partial charge in [0.05, 0.1) is 6.04 Å². The number of hydrogen-bond donors (Lipinski definition) is 1. The van der Waals surface area contributed by atoms with Gasteiger partial charge in [0.2, 0.25) is 0 Å². The highest BCUT2D eigenvalue weighted by atomic mass is 16.3. The van der Waals surface area contributed by atoms with Crippen LogP contribution in [0.15, 0.2) is 16.5 Å². The second kappa shape index (κ2) is 5.21. The Bertz CT molecular complexity index is 361. The number of piperazine rings is 1. The van der Waals surface area contributed by atoms with Crippen LogP contribution >= 0.6 is 0 Å². The Balaban J connectivity index is 2.17. The monoisotopic (exact) mass is 237 g/mol. The third-order valence-electron chi connectivity index (χ3n) is 3.40. The van der Waals surface area contributed by atoms with Crippen LogP contribution in [0.4, 0.5) is 0 Å². The molecule has 0 spiro atoms. The summed E-state index contributed by atoms with van der Waals surface area (Å²) in [5.41, 5.74) is 0. The number of nitrogens with one attached hydrogen (secondary N) is 1. The van der Waals surface area contributed by atoms with Crippen molar-refractivity contribution >= 4 is 0 Å². The normalized spacial score (nSPS) is 24.2. The summed E-state index contributed by atoms with van der Waals surface area (Å²) in [5.74, 6) is 2.04. The van der Waals surface area contributed by atoms with E-state index in [1.807, 2.05) is 13.0 Å². The molecular weight excluding hydrogens is 214 g/mol. The molecule has 1 aliphatic heterocycles. The van der Waals surface area contributed by atoms with Gasteiger partial charge in [0.25, 0.3) is 0 Å². The molecule has 2 unspecified atom stereocenters. The van der Waals surface area contributed by atoms with Gasteiger partial charge in [-0.15, -0.1) is 0 Å². The summed E-state index contributed by atoms with van der Waals surface area (Å²) in [6, 6.07) is 4.86.